The first-order chi connectivity index (χ1) is 11.6. The van der Waals surface area contributed by atoms with Crippen molar-refractivity contribution < 1.29 is 19.5 Å². The Hall–Kier alpha value is -2.37. The van der Waals surface area contributed by atoms with Crippen molar-refractivity contribution in [3.63, 3.8) is 0 Å². The van der Waals surface area contributed by atoms with Gasteiger partial charge in [-0.3, -0.25) is 9.59 Å². The molecule has 2 aliphatic heterocycles. The number of carbonyl (C=O) groups excluding carboxylic acids is 1. The van der Waals surface area contributed by atoms with Gasteiger partial charge in [0.1, 0.15) is 0 Å². The number of hydrogen-bond donors (Lipinski definition) is 1. The molecule has 6 heteroatoms. The smallest absolute Gasteiger partial charge is 0.303 e. The molecule has 2 aliphatic rings. The molecule has 0 radical (unpaired) electrons. The Morgan fingerprint density at radius 3 is 2.79 bits per heavy atom. The van der Waals surface area contributed by atoms with E-state index in [-0.39, 0.29) is 18.4 Å². The summed E-state index contributed by atoms with van der Waals surface area (Å²) < 4.78 is 0. The summed E-state index contributed by atoms with van der Waals surface area (Å²) in [6, 6.07) is 9.69. The van der Waals surface area contributed by atoms with Gasteiger partial charge in [-0.1, -0.05) is 35.5 Å². The zero-order valence-electron chi connectivity index (χ0n) is 13.6. The van der Waals surface area contributed by atoms with Gasteiger partial charge in [-0.25, -0.2) is 0 Å². The number of hydrogen-bond acceptors (Lipinski definition) is 4. The number of likely N-dealkylation sites (tertiary alicyclic amines) is 1. The average molecular weight is 330 g/mol. The number of carbonyl (C=O) groups is 2. The lowest BCUT2D eigenvalue weighted by atomic mass is 9.96. The summed E-state index contributed by atoms with van der Waals surface area (Å²) in [5.41, 5.74) is 1.75. The van der Waals surface area contributed by atoms with Gasteiger partial charge < -0.3 is 14.8 Å². The molecule has 2 heterocycles. The molecule has 1 saturated heterocycles. The summed E-state index contributed by atoms with van der Waals surface area (Å²) in [5.74, 6) is -0.889. The van der Waals surface area contributed by atoms with E-state index in [1.54, 1.807) is 4.90 Å². The fourth-order valence-electron chi connectivity index (χ4n) is 3.38. The topological polar surface area (TPSA) is 79.2 Å². The third-order valence-corrected chi connectivity index (χ3v) is 4.65. The van der Waals surface area contributed by atoms with Crippen LogP contribution in [-0.2, 0) is 14.4 Å². The van der Waals surface area contributed by atoms with E-state index in [0.29, 0.717) is 19.4 Å². The zero-order valence-corrected chi connectivity index (χ0v) is 13.6. The Morgan fingerprint density at radius 1 is 1.25 bits per heavy atom. The first-order valence-electron chi connectivity index (χ1n) is 8.45. The number of oxime groups is 1. The minimum Gasteiger partial charge on any atom is -0.481 e. The molecule has 24 heavy (non-hydrogen) atoms. The summed E-state index contributed by atoms with van der Waals surface area (Å²) in [6.45, 7) is 0.670. The van der Waals surface area contributed by atoms with Crippen molar-refractivity contribution >= 4 is 17.6 Å². The summed E-state index contributed by atoms with van der Waals surface area (Å²) in [5, 5.41) is 13.0. The van der Waals surface area contributed by atoms with Crippen LogP contribution < -0.4 is 0 Å². The van der Waals surface area contributed by atoms with Crippen molar-refractivity contribution in [1.82, 2.24) is 4.90 Å². The number of benzene rings is 1. The first kappa shape index (κ1) is 16.5. The maximum Gasteiger partial charge on any atom is 0.303 e. The van der Waals surface area contributed by atoms with Crippen LogP contribution in [0, 0.1) is 0 Å². The van der Waals surface area contributed by atoms with E-state index in [9.17, 15) is 9.59 Å². The van der Waals surface area contributed by atoms with Crippen LogP contribution in [0.15, 0.2) is 35.5 Å². The minimum absolute atomic E-state index is 0.00766. The van der Waals surface area contributed by atoms with Crippen LogP contribution in [0.1, 0.15) is 44.1 Å². The number of carboxylic acids is 1. The van der Waals surface area contributed by atoms with Gasteiger partial charge in [0.2, 0.25) is 6.10 Å². The molecular formula is C18H22N2O4. The lowest BCUT2D eigenvalue weighted by molar-refractivity contribution is -0.147. The fourth-order valence-corrected chi connectivity index (χ4v) is 3.38. The Labute approximate surface area is 141 Å². The van der Waals surface area contributed by atoms with Crippen molar-refractivity contribution in [3.05, 3.63) is 35.9 Å². The highest BCUT2D eigenvalue weighted by Gasteiger charge is 2.36. The maximum absolute atomic E-state index is 12.8. The molecule has 1 amide bonds. The van der Waals surface area contributed by atoms with Gasteiger partial charge in [0.25, 0.3) is 5.91 Å². The van der Waals surface area contributed by atoms with Crippen LogP contribution in [0.25, 0.3) is 0 Å². The van der Waals surface area contributed by atoms with Crippen LogP contribution in [0.4, 0.5) is 0 Å². The second-order valence-electron chi connectivity index (χ2n) is 6.32. The standard InChI is InChI=1S/C18H22N2O4/c21-17(22)10-9-14-8-4-5-11-20(14)18(23)16-12-15(19-24-16)13-6-2-1-3-7-13/h1-3,6-7,14,16H,4-5,8-12H2,(H,21,22). The average Bonchev–Trinajstić information content (AvgIpc) is 3.10. The summed E-state index contributed by atoms with van der Waals surface area (Å²) in [6.07, 6.45) is 3.31. The van der Waals surface area contributed by atoms with Crippen LogP contribution in [0.5, 0.6) is 0 Å². The number of rotatable bonds is 5. The molecule has 0 bridgehead atoms. The van der Waals surface area contributed by atoms with Crippen molar-refractivity contribution in [2.45, 2.75) is 50.7 Å². The quantitative estimate of drug-likeness (QED) is 0.899. The van der Waals surface area contributed by atoms with E-state index < -0.39 is 12.1 Å². The monoisotopic (exact) mass is 330 g/mol. The lowest BCUT2D eigenvalue weighted by Gasteiger charge is -2.36. The van der Waals surface area contributed by atoms with Gasteiger partial charge in [-0.15, -0.1) is 0 Å². The molecule has 3 rings (SSSR count). The van der Waals surface area contributed by atoms with E-state index in [0.717, 1.165) is 30.5 Å². The predicted molar refractivity (Wildman–Crippen MR) is 88.7 cm³/mol. The Balaban J connectivity index is 1.62. The highest BCUT2D eigenvalue weighted by molar-refractivity contribution is 6.04. The van der Waals surface area contributed by atoms with E-state index in [4.69, 9.17) is 9.94 Å². The van der Waals surface area contributed by atoms with Gasteiger partial charge in [-0.2, -0.15) is 0 Å². The molecule has 2 unspecified atom stereocenters. The predicted octanol–water partition coefficient (Wildman–Crippen LogP) is 2.43. The highest BCUT2D eigenvalue weighted by Crippen LogP contribution is 2.25. The number of nitrogens with zero attached hydrogens (tertiary/aromatic N) is 2. The van der Waals surface area contributed by atoms with Crippen LogP contribution in [0.3, 0.4) is 0 Å². The van der Waals surface area contributed by atoms with Crippen LogP contribution >= 0.6 is 0 Å². The number of carboxylic acid groups (broad SMARTS) is 1. The molecule has 1 aromatic rings. The molecule has 1 N–H and O–H groups in total. The van der Waals surface area contributed by atoms with E-state index in [1.807, 2.05) is 30.3 Å². The van der Waals surface area contributed by atoms with E-state index in [2.05, 4.69) is 5.16 Å². The third kappa shape index (κ3) is 3.75. The second kappa shape index (κ2) is 7.47. The normalized spacial score (nSPS) is 23.5. The van der Waals surface area contributed by atoms with Crippen molar-refractivity contribution in [3.8, 4) is 0 Å². The highest BCUT2D eigenvalue weighted by atomic mass is 16.6. The molecule has 6 nitrogen and oxygen atoms in total. The summed E-state index contributed by atoms with van der Waals surface area (Å²) in [7, 11) is 0. The molecular weight excluding hydrogens is 308 g/mol. The third-order valence-electron chi connectivity index (χ3n) is 4.65. The molecule has 1 aromatic carbocycles. The molecule has 0 spiro atoms. The number of amides is 1. The van der Waals surface area contributed by atoms with Crippen LogP contribution in [0.2, 0.25) is 0 Å². The molecule has 128 valence electrons. The van der Waals surface area contributed by atoms with Gasteiger partial charge in [-0.05, 0) is 31.2 Å². The van der Waals surface area contributed by atoms with Gasteiger partial charge in [0.15, 0.2) is 0 Å². The minimum atomic E-state index is -0.820. The Morgan fingerprint density at radius 2 is 2.04 bits per heavy atom. The molecule has 1 fully saturated rings. The number of aliphatic carboxylic acids is 1. The maximum atomic E-state index is 12.8. The van der Waals surface area contributed by atoms with Crippen LogP contribution in [-0.4, -0.2) is 46.3 Å². The zero-order chi connectivity index (χ0) is 16.9. The Bertz CT molecular complexity index is 629. The lowest BCUT2D eigenvalue weighted by Crippen LogP contribution is -2.48. The second-order valence-corrected chi connectivity index (χ2v) is 6.32. The van der Waals surface area contributed by atoms with E-state index >= 15 is 0 Å². The van der Waals surface area contributed by atoms with Crippen molar-refractivity contribution in [2.75, 3.05) is 6.54 Å². The SMILES string of the molecule is O=C(O)CCC1CCCCN1C(=O)C1CC(c2ccccc2)=NO1. The summed E-state index contributed by atoms with van der Waals surface area (Å²) >= 11 is 0. The van der Waals surface area contributed by atoms with Crippen molar-refractivity contribution in [1.29, 1.82) is 0 Å². The van der Waals surface area contributed by atoms with E-state index in [1.165, 1.54) is 0 Å². The van der Waals surface area contributed by atoms with Crippen molar-refractivity contribution in [2.24, 2.45) is 5.16 Å². The van der Waals surface area contributed by atoms with Gasteiger partial charge in [0, 0.05) is 25.4 Å². The first-order valence-corrected chi connectivity index (χ1v) is 8.45. The van der Waals surface area contributed by atoms with Gasteiger partial charge in [0.05, 0.1) is 5.71 Å². The molecule has 0 aromatic heterocycles. The molecule has 0 saturated carbocycles. The van der Waals surface area contributed by atoms with Gasteiger partial charge >= 0.3 is 5.97 Å². The Kier molecular flexibility index (Phi) is 5.13. The fraction of sp³-hybridized carbons (Fsp3) is 0.500. The number of piperidine rings is 1. The summed E-state index contributed by atoms with van der Waals surface area (Å²) in [4.78, 5) is 30.8. The molecule has 2 atom stereocenters. The largest absolute Gasteiger partial charge is 0.481 e. The molecule has 0 aliphatic carbocycles.